The molecule has 134 valence electrons. The zero-order valence-electron chi connectivity index (χ0n) is 14.8. The number of para-hydroxylation sites is 1. The lowest BCUT2D eigenvalue weighted by Crippen LogP contribution is -2.58. The predicted octanol–water partition coefficient (Wildman–Crippen LogP) is 2.28. The van der Waals surface area contributed by atoms with E-state index in [1.807, 2.05) is 24.0 Å². The van der Waals surface area contributed by atoms with Crippen LogP contribution in [-0.4, -0.2) is 30.2 Å². The highest BCUT2D eigenvalue weighted by molar-refractivity contribution is 6.09. The summed E-state index contributed by atoms with van der Waals surface area (Å²) in [6.07, 6.45) is 4.85. The summed E-state index contributed by atoms with van der Waals surface area (Å²) in [6, 6.07) is 5.54. The van der Waals surface area contributed by atoms with E-state index >= 15 is 0 Å². The number of hydrogen-bond acceptors (Lipinski definition) is 7. The number of hydrogen-bond donors (Lipinski definition) is 2. The molecule has 3 rings (SSSR count). The van der Waals surface area contributed by atoms with Gasteiger partial charge in [-0.25, -0.2) is 9.79 Å². The lowest BCUT2D eigenvalue weighted by molar-refractivity contribution is 0.0527. The number of esters is 1. The third-order valence-electron chi connectivity index (χ3n) is 4.81. The van der Waals surface area contributed by atoms with Gasteiger partial charge >= 0.3 is 5.97 Å². The molecule has 4 N–H and O–H groups in total. The highest BCUT2D eigenvalue weighted by Crippen LogP contribution is 2.41. The van der Waals surface area contributed by atoms with Crippen molar-refractivity contribution in [2.45, 2.75) is 51.6 Å². The summed E-state index contributed by atoms with van der Waals surface area (Å²) in [7, 11) is 0. The van der Waals surface area contributed by atoms with E-state index in [-0.39, 0.29) is 17.9 Å². The molecule has 7 nitrogen and oxygen atoms in total. The van der Waals surface area contributed by atoms with Gasteiger partial charge in [0, 0.05) is 0 Å². The Bertz CT molecular complexity index is 735. The summed E-state index contributed by atoms with van der Waals surface area (Å²) in [4.78, 5) is 23.2. The fourth-order valence-electron chi connectivity index (χ4n) is 3.77. The maximum absolute atomic E-state index is 12.5. The van der Waals surface area contributed by atoms with Crippen LogP contribution in [0.15, 0.2) is 28.2 Å². The Hall–Kier alpha value is -2.57. The van der Waals surface area contributed by atoms with Crippen LogP contribution in [0.1, 0.15) is 54.9 Å². The molecule has 1 spiro atoms. The molecule has 1 aliphatic heterocycles. The van der Waals surface area contributed by atoms with E-state index in [1.54, 1.807) is 13.0 Å². The maximum atomic E-state index is 12.5. The minimum absolute atomic E-state index is 0.196. The minimum Gasteiger partial charge on any atom is -0.462 e. The van der Waals surface area contributed by atoms with Crippen molar-refractivity contribution in [2.24, 2.45) is 21.5 Å². The molecule has 1 aromatic rings. The monoisotopic (exact) mass is 343 g/mol. The van der Waals surface area contributed by atoms with Crippen LogP contribution in [0.2, 0.25) is 0 Å². The molecule has 0 aromatic heterocycles. The van der Waals surface area contributed by atoms with Gasteiger partial charge in [-0.3, -0.25) is 4.90 Å². The normalized spacial score (nSPS) is 19.4. The molecule has 1 heterocycles. The molecule has 1 fully saturated rings. The van der Waals surface area contributed by atoms with Crippen molar-refractivity contribution in [1.82, 2.24) is 0 Å². The molecular weight excluding hydrogens is 318 g/mol. The van der Waals surface area contributed by atoms with Gasteiger partial charge in [0.2, 0.25) is 11.9 Å². The highest BCUT2D eigenvalue weighted by atomic mass is 16.5. The molecule has 0 amide bonds. The van der Waals surface area contributed by atoms with Gasteiger partial charge in [0.25, 0.3) is 0 Å². The molecule has 1 aromatic carbocycles. The van der Waals surface area contributed by atoms with Crippen molar-refractivity contribution in [2.75, 3.05) is 11.5 Å². The summed E-state index contributed by atoms with van der Waals surface area (Å²) >= 11 is 0. The van der Waals surface area contributed by atoms with Gasteiger partial charge < -0.3 is 16.2 Å². The Labute approximate surface area is 147 Å². The summed E-state index contributed by atoms with van der Waals surface area (Å²) in [5, 5.41) is 0. The van der Waals surface area contributed by atoms with E-state index in [4.69, 9.17) is 16.2 Å². The summed E-state index contributed by atoms with van der Waals surface area (Å²) in [5.74, 6) is 0.0960. The van der Waals surface area contributed by atoms with Gasteiger partial charge in [0.05, 0.1) is 17.9 Å². The molecule has 0 bridgehead atoms. The van der Waals surface area contributed by atoms with Crippen molar-refractivity contribution in [1.29, 1.82) is 0 Å². The van der Waals surface area contributed by atoms with E-state index in [9.17, 15) is 4.79 Å². The number of rotatable bonds is 3. The number of aryl methyl sites for hydroxylation is 1. The SMILES string of the molecule is CCOC(=O)c1cccc(C)c1N1C(N)=NC(N)=NC12CCCCC2. The molecule has 1 saturated carbocycles. The Morgan fingerprint density at radius 3 is 2.68 bits per heavy atom. The van der Waals surface area contributed by atoms with E-state index in [2.05, 4.69) is 9.98 Å². The van der Waals surface area contributed by atoms with Crippen LogP contribution < -0.4 is 16.4 Å². The third kappa shape index (κ3) is 3.06. The second-order valence-electron chi connectivity index (χ2n) is 6.51. The fourth-order valence-corrected chi connectivity index (χ4v) is 3.77. The Morgan fingerprint density at radius 2 is 2.00 bits per heavy atom. The molecule has 1 aliphatic carbocycles. The number of nitrogens with zero attached hydrogens (tertiary/aromatic N) is 3. The van der Waals surface area contributed by atoms with Gasteiger partial charge in [-0.1, -0.05) is 18.6 Å². The number of nitrogens with two attached hydrogens (primary N) is 2. The first kappa shape index (κ1) is 17.3. The van der Waals surface area contributed by atoms with Crippen LogP contribution in [0.5, 0.6) is 0 Å². The van der Waals surface area contributed by atoms with Crippen molar-refractivity contribution in [3.05, 3.63) is 29.3 Å². The Kier molecular flexibility index (Phi) is 4.65. The van der Waals surface area contributed by atoms with Crippen LogP contribution in [0.3, 0.4) is 0 Å². The first-order chi connectivity index (χ1) is 12.0. The summed E-state index contributed by atoms with van der Waals surface area (Å²) < 4.78 is 5.24. The van der Waals surface area contributed by atoms with Gasteiger partial charge in [-0.15, -0.1) is 0 Å². The predicted molar refractivity (Wildman–Crippen MR) is 98.7 cm³/mol. The number of anilines is 1. The number of carbonyl (C=O) groups excluding carboxylic acids is 1. The molecule has 25 heavy (non-hydrogen) atoms. The molecule has 0 atom stereocenters. The first-order valence-corrected chi connectivity index (χ1v) is 8.75. The third-order valence-corrected chi connectivity index (χ3v) is 4.81. The van der Waals surface area contributed by atoms with Gasteiger partial charge in [-0.2, -0.15) is 4.99 Å². The standard InChI is InChI=1S/C18H25N5O2/c1-3-25-15(24)13-9-7-8-12(2)14(13)23-17(20)21-16(19)22-18(23)10-5-4-6-11-18/h7-9H,3-6,10-11H2,1-2H3,(H4,19,20,21,22). The fraction of sp³-hybridized carbons (Fsp3) is 0.500. The van der Waals surface area contributed by atoms with Gasteiger partial charge in [0.1, 0.15) is 5.66 Å². The minimum atomic E-state index is -0.582. The van der Waals surface area contributed by atoms with E-state index < -0.39 is 5.66 Å². The average Bonchev–Trinajstić information content (AvgIpc) is 2.56. The molecule has 0 unspecified atom stereocenters. The number of carbonyl (C=O) groups is 1. The highest BCUT2D eigenvalue weighted by Gasteiger charge is 2.44. The van der Waals surface area contributed by atoms with Crippen molar-refractivity contribution in [3.63, 3.8) is 0 Å². The molecule has 7 heteroatoms. The lowest BCUT2D eigenvalue weighted by atomic mass is 9.86. The number of guanidine groups is 2. The smallest absolute Gasteiger partial charge is 0.340 e. The van der Waals surface area contributed by atoms with E-state index in [0.717, 1.165) is 37.7 Å². The van der Waals surface area contributed by atoms with Gasteiger partial charge in [0.15, 0.2) is 0 Å². The second kappa shape index (κ2) is 6.74. The van der Waals surface area contributed by atoms with Crippen LogP contribution in [-0.2, 0) is 4.74 Å². The summed E-state index contributed by atoms with van der Waals surface area (Å²) in [5.41, 5.74) is 13.7. The maximum Gasteiger partial charge on any atom is 0.340 e. The number of ether oxygens (including phenoxy) is 1. The van der Waals surface area contributed by atoms with Crippen LogP contribution >= 0.6 is 0 Å². The Balaban J connectivity index is 2.16. The topological polar surface area (TPSA) is 106 Å². The first-order valence-electron chi connectivity index (χ1n) is 8.75. The molecule has 0 radical (unpaired) electrons. The van der Waals surface area contributed by atoms with Gasteiger partial charge in [-0.05, 0) is 51.2 Å². The lowest BCUT2D eigenvalue weighted by Gasteiger charge is -2.46. The number of benzene rings is 1. The van der Waals surface area contributed by atoms with Crippen LogP contribution in [0.4, 0.5) is 5.69 Å². The number of aliphatic imine (C=N–C) groups is 2. The van der Waals surface area contributed by atoms with Crippen molar-refractivity contribution < 1.29 is 9.53 Å². The zero-order valence-corrected chi connectivity index (χ0v) is 14.8. The quantitative estimate of drug-likeness (QED) is 0.819. The average molecular weight is 343 g/mol. The van der Waals surface area contributed by atoms with Crippen molar-refractivity contribution in [3.8, 4) is 0 Å². The molecule has 2 aliphatic rings. The summed E-state index contributed by atoms with van der Waals surface area (Å²) in [6.45, 7) is 4.05. The van der Waals surface area contributed by atoms with Crippen LogP contribution in [0, 0.1) is 6.92 Å². The molecular formula is C18H25N5O2. The Morgan fingerprint density at radius 1 is 1.28 bits per heavy atom. The van der Waals surface area contributed by atoms with E-state index in [0.29, 0.717) is 17.9 Å². The van der Waals surface area contributed by atoms with E-state index in [1.165, 1.54) is 0 Å². The largest absolute Gasteiger partial charge is 0.462 e. The van der Waals surface area contributed by atoms with Crippen LogP contribution in [0.25, 0.3) is 0 Å². The second-order valence-corrected chi connectivity index (χ2v) is 6.51. The van der Waals surface area contributed by atoms with Crippen molar-refractivity contribution >= 4 is 23.6 Å². The zero-order chi connectivity index (χ0) is 18.0. The molecule has 0 saturated heterocycles.